The van der Waals surface area contributed by atoms with Crippen molar-refractivity contribution < 1.29 is 4.79 Å². The van der Waals surface area contributed by atoms with Gasteiger partial charge in [0.15, 0.2) is 0 Å². The van der Waals surface area contributed by atoms with E-state index in [1.807, 2.05) is 4.90 Å². The number of nitrogens with two attached hydrogens (primary N) is 1. The van der Waals surface area contributed by atoms with Crippen molar-refractivity contribution in [1.82, 2.24) is 14.9 Å². The second kappa shape index (κ2) is 5.36. The van der Waals surface area contributed by atoms with E-state index < -0.39 is 0 Å². The average molecular weight is 275 g/mol. The van der Waals surface area contributed by atoms with Crippen LogP contribution in [0.4, 0.5) is 5.82 Å². The number of hydrogen-bond donors (Lipinski definition) is 1. The molecule has 2 fully saturated rings. The van der Waals surface area contributed by atoms with Crippen molar-refractivity contribution in [3.05, 3.63) is 18.6 Å². The number of amides is 1. The number of piperazine rings is 1. The highest BCUT2D eigenvalue weighted by Gasteiger charge is 2.45. The Bertz CT molecular complexity index is 460. The Hall–Kier alpha value is -1.69. The Morgan fingerprint density at radius 1 is 1.25 bits per heavy atom. The Labute approximate surface area is 119 Å². The first-order valence-electron chi connectivity index (χ1n) is 7.26. The highest BCUT2D eigenvalue weighted by Crippen LogP contribution is 2.41. The fraction of sp³-hybridized carbons (Fsp3) is 0.643. The molecule has 1 saturated heterocycles. The van der Waals surface area contributed by atoms with Crippen LogP contribution in [0.2, 0.25) is 0 Å². The minimum Gasteiger partial charge on any atom is -0.352 e. The number of hydrogen-bond acceptors (Lipinski definition) is 5. The van der Waals surface area contributed by atoms with Gasteiger partial charge in [0.05, 0.1) is 11.6 Å². The third-order valence-corrected chi connectivity index (χ3v) is 4.60. The van der Waals surface area contributed by atoms with Crippen molar-refractivity contribution >= 4 is 11.7 Å². The van der Waals surface area contributed by atoms with Crippen LogP contribution in [0, 0.1) is 5.41 Å². The summed E-state index contributed by atoms with van der Waals surface area (Å²) < 4.78 is 0. The molecule has 20 heavy (non-hydrogen) atoms. The molecule has 1 aliphatic heterocycles. The fourth-order valence-electron chi connectivity index (χ4n) is 3.04. The van der Waals surface area contributed by atoms with Gasteiger partial charge in [-0.1, -0.05) is 6.42 Å². The molecular weight excluding hydrogens is 254 g/mol. The number of rotatable bonds is 3. The molecule has 2 heterocycles. The van der Waals surface area contributed by atoms with E-state index in [0.29, 0.717) is 6.54 Å². The van der Waals surface area contributed by atoms with Crippen LogP contribution in [0.1, 0.15) is 19.3 Å². The van der Waals surface area contributed by atoms with Crippen molar-refractivity contribution in [2.24, 2.45) is 11.1 Å². The molecule has 0 bridgehead atoms. The first kappa shape index (κ1) is 13.3. The van der Waals surface area contributed by atoms with Gasteiger partial charge in [-0.05, 0) is 12.8 Å². The topological polar surface area (TPSA) is 75.4 Å². The van der Waals surface area contributed by atoms with Gasteiger partial charge in [-0.3, -0.25) is 9.78 Å². The summed E-state index contributed by atoms with van der Waals surface area (Å²) in [6, 6.07) is 0. The lowest BCUT2D eigenvalue weighted by atomic mass is 9.67. The molecule has 0 unspecified atom stereocenters. The molecule has 1 amide bonds. The highest BCUT2D eigenvalue weighted by atomic mass is 16.2. The van der Waals surface area contributed by atoms with Crippen LogP contribution in [-0.4, -0.2) is 53.5 Å². The van der Waals surface area contributed by atoms with E-state index >= 15 is 0 Å². The van der Waals surface area contributed by atoms with Gasteiger partial charge in [-0.25, -0.2) is 4.98 Å². The summed E-state index contributed by atoms with van der Waals surface area (Å²) in [5, 5.41) is 0. The summed E-state index contributed by atoms with van der Waals surface area (Å²) >= 11 is 0. The van der Waals surface area contributed by atoms with E-state index in [0.717, 1.165) is 51.3 Å². The maximum atomic E-state index is 12.6. The maximum absolute atomic E-state index is 12.6. The van der Waals surface area contributed by atoms with Gasteiger partial charge in [0.2, 0.25) is 5.91 Å². The van der Waals surface area contributed by atoms with Gasteiger partial charge in [-0.15, -0.1) is 0 Å². The van der Waals surface area contributed by atoms with Crippen LogP contribution in [0.3, 0.4) is 0 Å². The number of carbonyl (C=O) groups excluding carboxylic acids is 1. The Kier molecular flexibility index (Phi) is 3.56. The first-order chi connectivity index (χ1) is 9.75. The lowest BCUT2D eigenvalue weighted by Gasteiger charge is -2.45. The molecule has 0 spiro atoms. The number of carbonyl (C=O) groups is 1. The lowest BCUT2D eigenvalue weighted by molar-refractivity contribution is -0.147. The summed E-state index contributed by atoms with van der Waals surface area (Å²) in [5.41, 5.74) is 5.56. The molecular formula is C14H21N5O. The quantitative estimate of drug-likeness (QED) is 0.856. The zero-order chi connectivity index (χ0) is 14.0. The van der Waals surface area contributed by atoms with Crippen LogP contribution in [-0.2, 0) is 4.79 Å². The molecule has 1 aromatic rings. The summed E-state index contributed by atoms with van der Waals surface area (Å²) in [4.78, 5) is 25.1. The third kappa shape index (κ3) is 2.24. The SMILES string of the molecule is NCC1(C(=O)N2CCN(c3cnccn3)CC2)CCC1. The van der Waals surface area contributed by atoms with Crippen LogP contribution < -0.4 is 10.6 Å². The second-order valence-corrected chi connectivity index (χ2v) is 5.68. The number of aromatic nitrogens is 2. The van der Waals surface area contributed by atoms with Gasteiger partial charge in [-0.2, -0.15) is 0 Å². The normalized spacial score (nSPS) is 21.4. The molecule has 6 nitrogen and oxygen atoms in total. The fourth-order valence-corrected chi connectivity index (χ4v) is 3.04. The molecule has 1 aromatic heterocycles. The Balaban J connectivity index is 1.60. The van der Waals surface area contributed by atoms with Gasteiger partial charge in [0, 0.05) is 45.1 Å². The molecule has 108 valence electrons. The average Bonchev–Trinajstić information content (AvgIpc) is 2.48. The minimum absolute atomic E-state index is 0.255. The first-order valence-corrected chi connectivity index (χ1v) is 7.26. The molecule has 0 atom stereocenters. The predicted octanol–water partition coefficient (Wildman–Crippen LogP) is 0.254. The largest absolute Gasteiger partial charge is 0.352 e. The van der Waals surface area contributed by atoms with Gasteiger partial charge < -0.3 is 15.5 Å². The smallest absolute Gasteiger partial charge is 0.230 e. The van der Waals surface area contributed by atoms with Crippen molar-refractivity contribution in [2.45, 2.75) is 19.3 Å². The lowest BCUT2D eigenvalue weighted by Crippen LogP contribution is -2.57. The molecule has 2 aliphatic rings. The van der Waals surface area contributed by atoms with Gasteiger partial charge in [0.25, 0.3) is 0 Å². The maximum Gasteiger partial charge on any atom is 0.230 e. The van der Waals surface area contributed by atoms with E-state index in [1.54, 1.807) is 18.6 Å². The van der Waals surface area contributed by atoms with E-state index in [2.05, 4.69) is 14.9 Å². The minimum atomic E-state index is -0.255. The van der Waals surface area contributed by atoms with Crippen molar-refractivity contribution in [3.8, 4) is 0 Å². The van der Waals surface area contributed by atoms with Crippen LogP contribution in [0.25, 0.3) is 0 Å². The van der Waals surface area contributed by atoms with E-state index in [9.17, 15) is 4.79 Å². The molecule has 1 saturated carbocycles. The molecule has 6 heteroatoms. The van der Waals surface area contributed by atoms with E-state index in [1.165, 1.54) is 0 Å². The third-order valence-electron chi connectivity index (χ3n) is 4.60. The zero-order valence-corrected chi connectivity index (χ0v) is 11.7. The van der Waals surface area contributed by atoms with Crippen molar-refractivity contribution in [2.75, 3.05) is 37.6 Å². The highest BCUT2D eigenvalue weighted by molar-refractivity contribution is 5.84. The van der Waals surface area contributed by atoms with Crippen molar-refractivity contribution in [3.63, 3.8) is 0 Å². The summed E-state index contributed by atoms with van der Waals surface area (Å²) in [7, 11) is 0. The zero-order valence-electron chi connectivity index (χ0n) is 11.7. The molecule has 1 aliphatic carbocycles. The van der Waals surface area contributed by atoms with Crippen LogP contribution >= 0.6 is 0 Å². The van der Waals surface area contributed by atoms with E-state index in [-0.39, 0.29) is 11.3 Å². The standard InChI is InChI=1S/C14H21N5O/c15-11-14(2-1-3-14)13(20)19-8-6-18(7-9-19)12-10-16-4-5-17-12/h4-5,10H,1-3,6-9,11,15H2. The molecule has 0 radical (unpaired) electrons. The van der Waals surface area contributed by atoms with Crippen LogP contribution in [0.5, 0.6) is 0 Å². The molecule has 2 N–H and O–H groups in total. The molecule has 0 aromatic carbocycles. The predicted molar refractivity (Wildman–Crippen MR) is 76.2 cm³/mol. The summed E-state index contributed by atoms with van der Waals surface area (Å²) in [5.74, 6) is 1.14. The van der Waals surface area contributed by atoms with Crippen LogP contribution in [0.15, 0.2) is 18.6 Å². The second-order valence-electron chi connectivity index (χ2n) is 5.68. The van der Waals surface area contributed by atoms with Gasteiger partial charge >= 0.3 is 0 Å². The number of nitrogens with zero attached hydrogens (tertiary/aromatic N) is 4. The van der Waals surface area contributed by atoms with E-state index in [4.69, 9.17) is 5.73 Å². The Morgan fingerprint density at radius 3 is 2.50 bits per heavy atom. The monoisotopic (exact) mass is 275 g/mol. The summed E-state index contributed by atoms with van der Waals surface area (Å²) in [6.45, 7) is 3.60. The molecule has 3 rings (SSSR count). The van der Waals surface area contributed by atoms with Gasteiger partial charge in [0.1, 0.15) is 5.82 Å². The summed E-state index contributed by atoms with van der Waals surface area (Å²) in [6.07, 6.45) is 8.17. The Morgan fingerprint density at radius 2 is 2.00 bits per heavy atom. The number of anilines is 1. The van der Waals surface area contributed by atoms with Crippen molar-refractivity contribution in [1.29, 1.82) is 0 Å².